The standard InChI is InChI=1S/C26H24N2O3/c1-18-14-21(22-10-6-7-11-23(22)28-18)16-27-26(29)20-12-13-24(25(15-20)30-2)31-17-19-8-4-3-5-9-19/h3-15H,16-17H2,1-2H3,(H,27,29). The van der Waals surface area contributed by atoms with Crippen molar-refractivity contribution in [1.29, 1.82) is 0 Å². The number of ether oxygens (including phenoxy) is 2. The first kappa shape index (κ1) is 20.4. The van der Waals surface area contributed by atoms with Crippen molar-refractivity contribution in [2.24, 2.45) is 0 Å². The van der Waals surface area contributed by atoms with Crippen LogP contribution in [-0.4, -0.2) is 18.0 Å². The van der Waals surface area contributed by atoms with Gasteiger partial charge in [-0.2, -0.15) is 0 Å². The van der Waals surface area contributed by atoms with Crippen LogP contribution in [0.3, 0.4) is 0 Å². The zero-order valence-electron chi connectivity index (χ0n) is 17.6. The molecule has 31 heavy (non-hydrogen) atoms. The molecule has 1 heterocycles. The second kappa shape index (κ2) is 9.30. The number of hydrogen-bond donors (Lipinski definition) is 1. The quantitative estimate of drug-likeness (QED) is 0.461. The largest absolute Gasteiger partial charge is 0.493 e. The Kier molecular flexibility index (Phi) is 6.13. The third-order valence-electron chi connectivity index (χ3n) is 5.03. The molecule has 1 N–H and O–H groups in total. The molecule has 0 saturated carbocycles. The third-order valence-corrected chi connectivity index (χ3v) is 5.03. The second-order valence-corrected chi connectivity index (χ2v) is 7.26. The second-order valence-electron chi connectivity index (χ2n) is 7.26. The Morgan fingerprint density at radius 1 is 0.935 bits per heavy atom. The van der Waals surface area contributed by atoms with Crippen LogP contribution in [0.1, 0.15) is 27.2 Å². The molecule has 4 aromatic rings. The van der Waals surface area contributed by atoms with Crippen molar-refractivity contribution in [3.8, 4) is 11.5 Å². The molecular formula is C26H24N2O3. The summed E-state index contributed by atoms with van der Waals surface area (Å²) in [6, 6.07) is 25.1. The number of pyridine rings is 1. The van der Waals surface area contributed by atoms with E-state index in [0.29, 0.717) is 30.2 Å². The minimum atomic E-state index is -0.175. The summed E-state index contributed by atoms with van der Waals surface area (Å²) in [6.45, 7) is 2.80. The molecule has 1 amide bonds. The van der Waals surface area contributed by atoms with E-state index < -0.39 is 0 Å². The van der Waals surface area contributed by atoms with Gasteiger partial charge < -0.3 is 14.8 Å². The number of hydrogen-bond acceptors (Lipinski definition) is 4. The summed E-state index contributed by atoms with van der Waals surface area (Å²) >= 11 is 0. The number of benzene rings is 3. The SMILES string of the molecule is COc1cc(C(=O)NCc2cc(C)nc3ccccc23)ccc1OCc1ccccc1. The maximum absolute atomic E-state index is 12.8. The van der Waals surface area contributed by atoms with Crippen molar-refractivity contribution < 1.29 is 14.3 Å². The lowest BCUT2D eigenvalue weighted by molar-refractivity contribution is 0.0950. The van der Waals surface area contributed by atoms with E-state index in [-0.39, 0.29) is 5.91 Å². The van der Waals surface area contributed by atoms with E-state index >= 15 is 0 Å². The smallest absolute Gasteiger partial charge is 0.251 e. The van der Waals surface area contributed by atoms with E-state index in [1.165, 1.54) is 0 Å². The molecule has 0 aliphatic rings. The van der Waals surface area contributed by atoms with Gasteiger partial charge in [-0.25, -0.2) is 0 Å². The van der Waals surface area contributed by atoms with Crippen LogP contribution in [-0.2, 0) is 13.2 Å². The Balaban J connectivity index is 1.46. The van der Waals surface area contributed by atoms with Gasteiger partial charge in [0, 0.05) is 23.2 Å². The summed E-state index contributed by atoms with van der Waals surface area (Å²) in [5.74, 6) is 0.943. The van der Waals surface area contributed by atoms with E-state index in [4.69, 9.17) is 9.47 Å². The molecule has 5 nitrogen and oxygen atoms in total. The van der Waals surface area contributed by atoms with Crippen LogP contribution in [0.25, 0.3) is 10.9 Å². The number of aryl methyl sites for hydroxylation is 1. The minimum absolute atomic E-state index is 0.175. The van der Waals surface area contributed by atoms with Gasteiger partial charge in [0.05, 0.1) is 12.6 Å². The summed E-state index contributed by atoms with van der Waals surface area (Å²) in [6.07, 6.45) is 0. The number of fused-ring (bicyclic) bond motifs is 1. The van der Waals surface area contributed by atoms with E-state index in [0.717, 1.165) is 27.7 Å². The first-order chi connectivity index (χ1) is 15.1. The lowest BCUT2D eigenvalue weighted by atomic mass is 10.1. The molecule has 0 aliphatic heterocycles. The Labute approximate surface area is 181 Å². The van der Waals surface area contributed by atoms with E-state index in [2.05, 4.69) is 10.3 Å². The van der Waals surface area contributed by atoms with E-state index in [1.54, 1.807) is 25.3 Å². The average molecular weight is 412 g/mol. The van der Waals surface area contributed by atoms with Gasteiger partial charge in [-0.3, -0.25) is 9.78 Å². The first-order valence-electron chi connectivity index (χ1n) is 10.1. The Morgan fingerprint density at radius 3 is 2.52 bits per heavy atom. The molecule has 0 atom stereocenters. The summed E-state index contributed by atoms with van der Waals surface area (Å²) in [7, 11) is 1.57. The number of nitrogens with one attached hydrogen (secondary N) is 1. The number of nitrogens with zero attached hydrogens (tertiary/aromatic N) is 1. The molecule has 0 unspecified atom stereocenters. The van der Waals surface area contributed by atoms with Gasteiger partial charge in [0.25, 0.3) is 5.91 Å². The van der Waals surface area contributed by atoms with Crippen molar-refractivity contribution in [2.75, 3.05) is 7.11 Å². The van der Waals surface area contributed by atoms with Crippen molar-refractivity contribution in [1.82, 2.24) is 10.3 Å². The van der Waals surface area contributed by atoms with Crippen LogP contribution >= 0.6 is 0 Å². The molecular weight excluding hydrogens is 388 g/mol. The number of amides is 1. The Bertz CT molecular complexity index is 1210. The summed E-state index contributed by atoms with van der Waals surface area (Å²) in [4.78, 5) is 17.3. The van der Waals surface area contributed by atoms with Crippen LogP contribution in [0.2, 0.25) is 0 Å². The monoisotopic (exact) mass is 412 g/mol. The van der Waals surface area contributed by atoms with Crippen molar-refractivity contribution in [3.63, 3.8) is 0 Å². The highest BCUT2D eigenvalue weighted by atomic mass is 16.5. The molecule has 0 bridgehead atoms. The fourth-order valence-corrected chi connectivity index (χ4v) is 3.48. The van der Waals surface area contributed by atoms with Crippen LogP contribution in [0.5, 0.6) is 11.5 Å². The number of carbonyl (C=O) groups is 1. The zero-order chi connectivity index (χ0) is 21.6. The van der Waals surface area contributed by atoms with Crippen molar-refractivity contribution in [2.45, 2.75) is 20.1 Å². The molecule has 1 aromatic heterocycles. The van der Waals surface area contributed by atoms with E-state index in [1.807, 2.05) is 67.6 Å². The van der Waals surface area contributed by atoms with Gasteiger partial charge in [0.15, 0.2) is 11.5 Å². The molecule has 0 saturated heterocycles. The average Bonchev–Trinajstić information content (AvgIpc) is 2.81. The lowest BCUT2D eigenvalue weighted by Crippen LogP contribution is -2.23. The molecule has 0 fully saturated rings. The Hall–Kier alpha value is -3.86. The van der Waals surface area contributed by atoms with Gasteiger partial charge in [0.1, 0.15) is 6.61 Å². The van der Waals surface area contributed by atoms with Crippen molar-refractivity contribution in [3.05, 3.63) is 101 Å². The number of methoxy groups -OCH3 is 1. The fraction of sp³-hybridized carbons (Fsp3) is 0.154. The zero-order valence-corrected chi connectivity index (χ0v) is 17.6. The third kappa shape index (κ3) is 4.83. The molecule has 0 aliphatic carbocycles. The molecule has 0 radical (unpaired) electrons. The number of rotatable bonds is 7. The van der Waals surface area contributed by atoms with E-state index in [9.17, 15) is 4.79 Å². The molecule has 0 spiro atoms. The number of carbonyl (C=O) groups excluding carboxylic acids is 1. The highest BCUT2D eigenvalue weighted by molar-refractivity contribution is 5.95. The lowest BCUT2D eigenvalue weighted by Gasteiger charge is -2.13. The van der Waals surface area contributed by atoms with Gasteiger partial charge in [-0.1, -0.05) is 48.5 Å². The summed E-state index contributed by atoms with van der Waals surface area (Å²) < 4.78 is 11.3. The fourth-order valence-electron chi connectivity index (χ4n) is 3.48. The predicted molar refractivity (Wildman–Crippen MR) is 121 cm³/mol. The van der Waals surface area contributed by atoms with Crippen LogP contribution in [0.15, 0.2) is 78.9 Å². The highest BCUT2D eigenvalue weighted by Gasteiger charge is 2.12. The van der Waals surface area contributed by atoms with Crippen LogP contribution in [0.4, 0.5) is 0 Å². The maximum atomic E-state index is 12.8. The summed E-state index contributed by atoms with van der Waals surface area (Å²) in [5.41, 5.74) is 4.45. The van der Waals surface area contributed by atoms with Crippen LogP contribution < -0.4 is 14.8 Å². The predicted octanol–water partition coefficient (Wildman–Crippen LogP) is 5.06. The minimum Gasteiger partial charge on any atom is -0.493 e. The number of aromatic nitrogens is 1. The Morgan fingerprint density at radius 2 is 1.71 bits per heavy atom. The highest BCUT2D eigenvalue weighted by Crippen LogP contribution is 2.29. The maximum Gasteiger partial charge on any atom is 0.251 e. The van der Waals surface area contributed by atoms with Gasteiger partial charge in [-0.15, -0.1) is 0 Å². The topological polar surface area (TPSA) is 60.5 Å². The van der Waals surface area contributed by atoms with Gasteiger partial charge in [0.2, 0.25) is 0 Å². The summed E-state index contributed by atoms with van der Waals surface area (Å²) in [5, 5.41) is 4.04. The molecule has 3 aromatic carbocycles. The number of para-hydroxylation sites is 1. The van der Waals surface area contributed by atoms with Gasteiger partial charge >= 0.3 is 0 Å². The normalized spacial score (nSPS) is 10.6. The molecule has 156 valence electrons. The molecule has 4 rings (SSSR count). The first-order valence-corrected chi connectivity index (χ1v) is 10.1. The van der Waals surface area contributed by atoms with Gasteiger partial charge in [-0.05, 0) is 48.4 Å². The molecule has 5 heteroatoms. The van der Waals surface area contributed by atoms with Crippen LogP contribution in [0, 0.1) is 6.92 Å². The van der Waals surface area contributed by atoms with Crippen molar-refractivity contribution >= 4 is 16.8 Å².